The van der Waals surface area contributed by atoms with Crippen molar-refractivity contribution in [3.05, 3.63) is 102 Å². The van der Waals surface area contributed by atoms with Gasteiger partial charge in [-0.05, 0) is 84.9 Å². The van der Waals surface area contributed by atoms with Gasteiger partial charge in [-0.1, -0.05) is 30.3 Å². The van der Waals surface area contributed by atoms with E-state index in [2.05, 4.69) is 46.5 Å². The van der Waals surface area contributed by atoms with Crippen molar-refractivity contribution in [1.82, 2.24) is 14.9 Å². The molecule has 0 radical (unpaired) electrons. The summed E-state index contributed by atoms with van der Waals surface area (Å²) in [6, 6.07) is 18.6. The third-order valence-electron chi connectivity index (χ3n) is 7.11. The summed E-state index contributed by atoms with van der Waals surface area (Å²) in [5.74, 6) is 0.706. The number of hydrogen-bond donors (Lipinski definition) is 1. The number of anilines is 1. The van der Waals surface area contributed by atoms with E-state index in [1.165, 1.54) is 16.3 Å². The molecule has 0 unspecified atom stereocenters. The lowest BCUT2D eigenvalue weighted by Crippen LogP contribution is -2.32. The van der Waals surface area contributed by atoms with Crippen molar-refractivity contribution >= 4 is 22.4 Å². The number of amides is 1. The molecule has 5 rings (SSSR count). The zero-order chi connectivity index (χ0) is 24.0. The van der Waals surface area contributed by atoms with E-state index in [1.54, 1.807) is 6.20 Å². The second kappa shape index (κ2) is 10.7. The SMILES string of the molecule is Cc1ccc(C(=O)N2CCC[C@@H](Cc3cccc4ccncc34)CC2)cc1NCc1cccnc1. The predicted molar refractivity (Wildman–Crippen MR) is 141 cm³/mol. The van der Waals surface area contributed by atoms with Crippen LogP contribution in [0.3, 0.4) is 0 Å². The fraction of sp³-hybridized carbons (Fsp3) is 0.300. The molecule has 0 spiro atoms. The predicted octanol–water partition coefficient (Wildman–Crippen LogP) is 6.04. The fourth-order valence-corrected chi connectivity index (χ4v) is 5.07. The van der Waals surface area contributed by atoms with Crippen molar-refractivity contribution in [3.63, 3.8) is 0 Å². The van der Waals surface area contributed by atoms with Crippen molar-refractivity contribution in [2.45, 2.75) is 39.2 Å². The van der Waals surface area contributed by atoms with E-state index in [9.17, 15) is 4.79 Å². The Bertz CT molecular complexity index is 1300. The van der Waals surface area contributed by atoms with Crippen LogP contribution in [0.4, 0.5) is 5.69 Å². The quantitative estimate of drug-likeness (QED) is 0.378. The molecule has 1 saturated heterocycles. The Kier molecular flexibility index (Phi) is 7.03. The van der Waals surface area contributed by atoms with Gasteiger partial charge in [0.15, 0.2) is 0 Å². The van der Waals surface area contributed by atoms with Crippen LogP contribution in [0.15, 0.2) is 79.4 Å². The average Bonchev–Trinajstić information content (AvgIpc) is 3.14. The van der Waals surface area contributed by atoms with Gasteiger partial charge in [0.25, 0.3) is 5.91 Å². The zero-order valence-electron chi connectivity index (χ0n) is 20.3. The van der Waals surface area contributed by atoms with Gasteiger partial charge in [0, 0.05) is 61.1 Å². The maximum Gasteiger partial charge on any atom is 0.253 e. The van der Waals surface area contributed by atoms with Gasteiger partial charge in [0.2, 0.25) is 0 Å². The maximum absolute atomic E-state index is 13.4. The summed E-state index contributed by atoms with van der Waals surface area (Å²) >= 11 is 0. The summed E-state index contributed by atoms with van der Waals surface area (Å²) in [4.78, 5) is 24.0. The van der Waals surface area contributed by atoms with Gasteiger partial charge in [-0.2, -0.15) is 0 Å². The smallest absolute Gasteiger partial charge is 0.253 e. The molecule has 1 aliphatic heterocycles. The van der Waals surface area contributed by atoms with Crippen LogP contribution >= 0.6 is 0 Å². The lowest BCUT2D eigenvalue weighted by Gasteiger charge is -2.22. The first-order valence-corrected chi connectivity index (χ1v) is 12.5. The highest BCUT2D eigenvalue weighted by atomic mass is 16.2. The summed E-state index contributed by atoms with van der Waals surface area (Å²) in [7, 11) is 0. The zero-order valence-corrected chi connectivity index (χ0v) is 20.3. The Labute approximate surface area is 207 Å². The second-order valence-corrected chi connectivity index (χ2v) is 9.55. The minimum Gasteiger partial charge on any atom is -0.381 e. The normalized spacial score (nSPS) is 16.1. The first kappa shape index (κ1) is 23.0. The van der Waals surface area contributed by atoms with E-state index in [-0.39, 0.29) is 5.91 Å². The molecule has 5 nitrogen and oxygen atoms in total. The van der Waals surface area contributed by atoms with E-state index in [0.29, 0.717) is 12.5 Å². The van der Waals surface area contributed by atoms with E-state index >= 15 is 0 Å². The third-order valence-corrected chi connectivity index (χ3v) is 7.11. The molecular formula is C30H32N4O. The molecule has 3 heterocycles. The Morgan fingerprint density at radius 1 is 1.00 bits per heavy atom. The molecule has 35 heavy (non-hydrogen) atoms. The third kappa shape index (κ3) is 5.51. The van der Waals surface area contributed by atoms with Crippen LogP contribution in [0.5, 0.6) is 0 Å². The Hall–Kier alpha value is -3.73. The van der Waals surface area contributed by atoms with Crippen molar-refractivity contribution in [3.8, 4) is 0 Å². The van der Waals surface area contributed by atoms with E-state index in [4.69, 9.17) is 0 Å². The van der Waals surface area contributed by atoms with Crippen LogP contribution in [0.2, 0.25) is 0 Å². The van der Waals surface area contributed by atoms with Crippen LogP contribution in [0.25, 0.3) is 10.8 Å². The van der Waals surface area contributed by atoms with Crippen LogP contribution in [0, 0.1) is 12.8 Å². The van der Waals surface area contributed by atoms with Gasteiger partial charge >= 0.3 is 0 Å². The lowest BCUT2D eigenvalue weighted by atomic mass is 9.91. The molecule has 178 valence electrons. The number of rotatable bonds is 6. The van der Waals surface area contributed by atoms with Crippen LogP contribution in [-0.2, 0) is 13.0 Å². The maximum atomic E-state index is 13.4. The van der Waals surface area contributed by atoms with Crippen molar-refractivity contribution < 1.29 is 4.79 Å². The first-order valence-electron chi connectivity index (χ1n) is 12.5. The molecule has 1 N–H and O–H groups in total. The second-order valence-electron chi connectivity index (χ2n) is 9.55. The minimum atomic E-state index is 0.129. The van der Waals surface area contributed by atoms with Gasteiger partial charge in [0.05, 0.1) is 0 Å². The molecule has 4 aromatic rings. The molecular weight excluding hydrogens is 432 g/mol. The summed E-state index contributed by atoms with van der Waals surface area (Å²) in [6.45, 7) is 4.37. The van der Waals surface area contributed by atoms with Gasteiger partial charge in [0.1, 0.15) is 0 Å². The van der Waals surface area contributed by atoms with Gasteiger partial charge in [-0.25, -0.2) is 0 Å². The molecule has 1 amide bonds. The standard InChI is InChI=1S/C30H32N4O/c1-22-9-10-27(18-29(22)33-20-24-5-3-13-31-19-24)30(35)34-15-4-6-23(12-16-34)17-26-8-2-7-25-11-14-32-21-28(25)26/h2-3,5,7-11,13-14,18-19,21,23,33H,4,6,12,15-17,20H2,1H3/t23-/m1/s1. The monoisotopic (exact) mass is 464 g/mol. The number of aryl methyl sites for hydroxylation is 1. The number of fused-ring (bicyclic) bond motifs is 1. The van der Waals surface area contributed by atoms with Crippen molar-refractivity contribution in [1.29, 1.82) is 0 Å². The number of carbonyl (C=O) groups is 1. The summed E-state index contributed by atoms with van der Waals surface area (Å²) in [5.41, 5.74) is 5.36. The highest BCUT2D eigenvalue weighted by Gasteiger charge is 2.22. The molecule has 1 aliphatic rings. The first-order chi connectivity index (χ1) is 17.2. The van der Waals surface area contributed by atoms with E-state index in [0.717, 1.165) is 61.2 Å². The summed E-state index contributed by atoms with van der Waals surface area (Å²) in [6.07, 6.45) is 11.7. The number of hydrogen-bond acceptors (Lipinski definition) is 4. The van der Waals surface area contributed by atoms with Gasteiger partial charge in [-0.15, -0.1) is 0 Å². The molecule has 2 aromatic carbocycles. The van der Waals surface area contributed by atoms with Crippen LogP contribution < -0.4 is 5.32 Å². The Balaban J connectivity index is 1.23. The number of nitrogens with one attached hydrogen (secondary N) is 1. The molecule has 0 saturated carbocycles. The number of benzene rings is 2. The number of aromatic nitrogens is 2. The number of pyridine rings is 2. The van der Waals surface area contributed by atoms with Crippen molar-refractivity contribution in [2.75, 3.05) is 18.4 Å². The minimum absolute atomic E-state index is 0.129. The van der Waals surface area contributed by atoms with Gasteiger partial charge in [-0.3, -0.25) is 14.8 Å². The Morgan fingerprint density at radius 3 is 2.80 bits per heavy atom. The highest BCUT2D eigenvalue weighted by molar-refractivity contribution is 5.95. The Morgan fingerprint density at radius 2 is 1.91 bits per heavy atom. The van der Waals surface area contributed by atoms with Crippen LogP contribution in [0.1, 0.15) is 46.3 Å². The molecule has 0 aliphatic carbocycles. The molecule has 5 heteroatoms. The molecule has 0 bridgehead atoms. The summed E-state index contributed by atoms with van der Waals surface area (Å²) in [5, 5.41) is 5.97. The van der Waals surface area contributed by atoms with Crippen molar-refractivity contribution in [2.24, 2.45) is 5.92 Å². The molecule has 1 atom stereocenters. The number of nitrogens with zero attached hydrogens (tertiary/aromatic N) is 3. The largest absolute Gasteiger partial charge is 0.381 e. The number of carbonyl (C=O) groups excluding carboxylic acids is 1. The van der Waals surface area contributed by atoms with Crippen LogP contribution in [-0.4, -0.2) is 33.9 Å². The topological polar surface area (TPSA) is 58.1 Å². The van der Waals surface area contributed by atoms with E-state index < -0.39 is 0 Å². The number of likely N-dealkylation sites (tertiary alicyclic amines) is 1. The van der Waals surface area contributed by atoms with E-state index in [1.807, 2.05) is 53.8 Å². The fourth-order valence-electron chi connectivity index (χ4n) is 5.07. The van der Waals surface area contributed by atoms with Gasteiger partial charge < -0.3 is 10.2 Å². The molecule has 2 aromatic heterocycles. The summed E-state index contributed by atoms with van der Waals surface area (Å²) < 4.78 is 0. The highest BCUT2D eigenvalue weighted by Crippen LogP contribution is 2.27. The lowest BCUT2D eigenvalue weighted by molar-refractivity contribution is 0.0760. The molecule has 1 fully saturated rings. The average molecular weight is 465 g/mol.